The number of nitrogens with one attached hydrogen (secondary N) is 1. The molecule has 0 aliphatic carbocycles. The van der Waals surface area contributed by atoms with Crippen LogP contribution in [0, 0.1) is 17.5 Å². The van der Waals surface area contributed by atoms with Crippen molar-refractivity contribution in [3.8, 4) is 0 Å². The average Bonchev–Trinajstić information content (AvgIpc) is 2.95. The Morgan fingerprint density at radius 3 is 2.64 bits per heavy atom. The van der Waals surface area contributed by atoms with Crippen LogP contribution in [0.4, 0.5) is 13.2 Å². The van der Waals surface area contributed by atoms with Crippen molar-refractivity contribution in [3.63, 3.8) is 0 Å². The Balaban J connectivity index is 1.85. The van der Waals surface area contributed by atoms with Crippen molar-refractivity contribution in [2.24, 2.45) is 5.73 Å². The van der Waals surface area contributed by atoms with Gasteiger partial charge in [0, 0.05) is 24.7 Å². The lowest BCUT2D eigenvalue weighted by molar-refractivity contribution is 0.244. The number of sulfonamides is 1. The molecular weight excluding hydrogens is 355 g/mol. The van der Waals surface area contributed by atoms with E-state index in [1.807, 2.05) is 0 Å². The fourth-order valence-electron chi connectivity index (χ4n) is 3.10. The molecule has 1 saturated heterocycles. The van der Waals surface area contributed by atoms with Crippen LogP contribution in [-0.4, -0.2) is 51.3 Å². The number of halogens is 3. The van der Waals surface area contributed by atoms with E-state index in [0.29, 0.717) is 25.6 Å². The summed E-state index contributed by atoms with van der Waals surface area (Å²) in [5, 5.41) is 0. The lowest BCUT2D eigenvalue weighted by Gasteiger charge is -2.25. The summed E-state index contributed by atoms with van der Waals surface area (Å²) in [6.45, 7) is 1.84. The topological polar surface area (TPSA) is 75.4 Å². The summed E-state index contributed by atoms with van der Waals surface area (Å²) in [6, 6.07) is 1.09. The molecule has 1 aliphatic heterocycles. The fraction of sp³-hybridized carbons (Fsp3) is 0.625. The van der Waals surface area contributed by atoms with E-state index in [9.17, 15) is 21.6 Å². The van der Waals surface area contributed by atoms with Crippen molar-refractivity contribution in [1.82, 2.24) is 9.62 Å². The third kappa shape index (κ3) is 6.25. The van der Waals surface area contributed by atoms with E-state index in [-0.39, 0.29) is 18.0 Å². The Morgan fingerprint density at radius 1 is 1.28 bits per heavy atom. The zero-order valence-corrected chi connectivity index (χ0v) is 15.0. The van der Waals surface area contributed by atoms with Gasteiger partial charge in [0.1, 0.15) is 5.82 Å². The van der Waals surface area contributed by atoms with Crippen LogP contribution >= 0.6 is 0 Å². The second-order valence-electron chi connectivity index (χ2n) is 6.56. The molecule has 9 heteroatoms. The van der Waals surface area contributed by atoms with Crippen molar-refractivity contribution < 1.29 is 21.6 Å². The molecule has 1 aromatic rings. The van der Waals surface area contributed by atoms with Crippen LogP contribution in [0.25, 0.3) is 0 Å². The van der Waals surface area contributed by atoms with Gasteiger partial charge < -0.3 is 5.73 Å². The summed E-state index contributed by atoms with van der Waals surface area (Å²) >= 11 is 0. The summed E-state index contributed by atoms with van der Waals surface area (Å²) in [7, 11) is -3.23. The predicted molar refractivity (Wildman–Crippen MR) is 90.1 cm³/mol. The van der Waals surface area contributed by atoms with Gasteiger partial charge in [-0.05, 0) is 50.4 Å². The molecule has 1 aromatic carbocycles. The molecule has 0 amide bonds. The number of hydrogen-bond acceptors (Lipinski definition) is 4. The molecule has 142 valence electrons. The molecule has 0 spiro atoms. The number of hydrogen-bond donors (Lipinski definition) is 2. The van der Waals surface area contributed by atoms with Gasteiger partial charge in [-0.2, -0.15) is 0 Å². The lowest BCUT2D eigenvalue weighted by atomic mass is 10.0. The van der Waals surface area contributed by atoms with Crippen molar-refractivity contribution in [2.45, 2.75) is 37.8 Å². The maximum absolute atomic E-state index is 13.7. The smallest absolute Gasteiger partial charge is 0.208 e. The van der Waals surface area contributed by atoms with Gasteiger partial charge in [-0.1, -0.05) is 0 Å². The Bertz CT molecular complexity index is 700. The molecule has 1 aliphatic rings. The van der Waals surface area contributed by atoms with Gasteiger partial charge in [0.2, 0.25) is 10.0 Å². The molecular formula is C16H24F3N3O2S. The zero-order valence-electron chi connectivity index (χ0n) is 14.1. The highest BCUT2D eigenvalue weighted by atomic mass is 32.2. The molecule has 0 unspecified atom stereocenters. The third-order valence-corrected chi connectivity index (χ3v) is 5.13. The number of benzene rings is 1. The Morgan fingerprint density at radius 2 is 1.96 bits per heavy atom. The van der Waals surface area contributed by atoms with Crippen molar-refractivity contribution >= 4 is 10.0 Å². The summed E-state index contributed by atoms with van der Waals surface area (Å²) < 4.78 is 64.8. The highest BCUT2D eigenvalue weighted by Gasteiger charge is 2.25. The van der Waals surface area contributed by atoms with Gasteiger partial charge in [-0.3, -0.25) is 4.90 Å². The minimum absolute atomic E-state index is 0.0584. The molecule has 0 aromatic heterocycles. The van der Waals surface area contributed by atoms with Gasteiger partial charge >= 0.3 is 0 Å². The highest BCUT2D eigenvalue weighted by Crippen LogP contribution is 2.19. The maximum atomic E-state index is 13.7. The molecule has 2 atom stereocenters. The van der Waals surface area contributed by atoms with E-state index in [4.69, 9.17) is 5.73 Å². The molecule has 0 radical (unpaired) electrons. The SMILES string of the molecule is CS(=O)(=O)NC[C@@H]1CCCN1CC[C@H](N)Cc1cc(F)c(F)cc1F. The quantitative estimate of drug-likeness (QED) is 0.669. The largest absolute Gasteiger partial charge is 0.327 e. The van der Waals surface area contributed by atoms with Gasteiger partial charge in [0.25, 0.3) is 0 Å². The first-order chi connectivity index (χ1) is 11.7. The second kappa shape index (κ2) is 8.48. The lowest BCUT2D eigenvalue weighted by Crippen LogP contribution is -2.41. The minimum Gasteiger partial charge on any atom is -0.327 e. The zero-order chi connectivity index (χ0) is 18.6. The highest BCUT2D eigenvalue weighted by molar-refractivity contribution is 7.88. The van der Waals surface area contributed by atoms with Crippen molar-refractivity contribution in [2.75, 3.05) is 25.9 Å². The molecule has 0 bridgehead atoms. The van der Waals surface area contributed by atoms with Crippen LogP contribution in [0.2, 0.25) is 0 Å². The Hall–Kier alpha value is -1.16. The maximum Gasteiger partial charge on any atom is 0.208 e. The summed E-state index contributed by atoms with van der Waals surface area (Å²) in [4.78, 5) is 2.15. The van der Waals surface area contributed by atoms with Crippen LogP contribution in [-0.2, 0) is 16.4 Å². The minimum atomic E-state index is -3.23. The first-order valence-corrected chi connectivity index (χ1v) is 10.1. The summed E-state index contributed by atoms with van der Waals surface area (Å²) in [5.41, 5.74) is 6.07. The Kier molecular flexibility index (Phi) is 6.84. The molecule has 1 heterocycles. The van der Waals surface area contributed by atoms with E-state index >= 15 is 0 Å². The van der Waals surface area contributed by atoms with E-state index in [2.05, 4.69) is 9.62 Å². The Labute approximate surface area is 146 Å². The van der Waals surface area contributed by atoms with Crippen LogP contribution in [0.5, 0.6) is 0 Å². The van der Waals surface area contributed by atoms with Crippen LogP contribution in [0.1, 0.15) is 24.8 Å². The molecule has 0 saturated carbocycles. The van der Waals surface area contributed by atoms with E-state index in [1.54, 1.807) is 0 Å². The van der Waals surface area contributed by atoms with Crippen LogP contribution in [0.15, 0.2) is 12.1 Å². The number of likely N-dealkylation sites (tertiary alicyclic amines) is 1. The summed E-state index contributed by atoms with van der Waals surface area (Å²) in [5.74, 6) is -3.10. The second-order valence-corrected chi connectivity index (χ2v) is 8.40. The van der Waals surface area contributed by atoms with Crippen LogP contribution < -0.4 is 10.5 Å². The summed E-state index contributed by atoms with van der Waals surface area (Å²) in [6.07, 6.45) is 3.66. The van der Waals surface area contributed by atoms with Crippen molar-refractivity contribution in [1.29, 1.82) is 0 Å². The molecule has 2 rings (SSSR count). The normalized spacial score (nSPS) is 20.1. The monoisotopic (exact) mass is 379 g/mol. The number of nitrogens with two attached hydrogens (primary N) is 1. The number of nitrogens with zero attached hydrogens (tertiary/aromatic N) is 1. The van der Waals surface area contributed by atoms with Crippen LogP contribution in [0.3, 0.4) is 0 Å². The first-order valence-electron chi connectivity index (χ1n) is 8.23. The van der Waals surface area contributed by atoms with E-state index in [0.717, 1.165) is 31.7 Å². The third-order valence-electron chi connectivity index (χ3n) is 4.44. The number of rotatable bonds is 8. The van der Waals surface area contributed by atoms with E-state index < -0.39 is 33.5 Å². The van der Waals surface area contributed by atoms with Gasteiger partial charge in [-0.25, -0.2) is 26.3 Å². The van der Waals surface area contributed by atoms with Gasteiger partial charge in [0.15, 0.2) is 11.6 Å². The molecule has 25 heavy (non-hydrogen) atoms. The standard InChI is InChI=1S/C16H24F3N3O2S/c1-25(23,24)21-10-13-3-2-5-22(13)6-4-12(20)7-11-8-15(18)16(19)9-14(11)17/h8-9,12-13,21H,2-7,10,20H2,1H3/t12-,13-/m0/s1. The predicted octanol–water partition coefficient (Wildman–Crippen LogP) is 1.38. The molecule has 5 nitrogen and oxygen atoms in total. The fourth-order valence-corrected chi connectivity index (χ4v) is 3.60. The van der Waals surface area contributed by atoms with Gasteiger partial charge in [-0.15, -0.1) is 0 Å². The van der Waals surface area contributed by atoms with Crippen molar-refractivity contribution in [3.05, 3.63) is 35.1 Å². The van der Waals surface area contributed by atoms with E-state index in [1.165, 1.54) is 0 Å². The average molecular weight is 379 g/mol. The first kappa shape index (κ1) is 20.2. The molecule has 3 N–H and O–H groups in total. The van der Waals surface area contributed by atoms with Gasteiger partial charge in [0.05, 0.1) is 6.26 Å². The molecule has 1 fully saturated rings.